The molecule has 0 aliphatic carbocycles. The number of nitrogens with zero attached hydrogens (tertiary/aromatic N) is 1. The fourth-order valence-electron chi connectivity index (χ4n) is 3.15. The minimum atomic E-state index is -3.67. The van der Waals surface area contributed by atoms with Crippen LogP contribution in [-0.2, 0) is 14.3 Å². The van der Waals surface area contributed by atoms with E-state index in [9.17, 15) is 20.2 Å². The topological polar surface area (TPSA) is 99.1 Å². The highest BCUT2D eigenvalue weighted by Crippen LogP contribution is 2.36. The van der Waals surface area contributed by atoms with Crippen molar-refractivity contribution >= 4 is 5.97 Å². The summed E-state index contributed by atoms with van der Waals surface area (Å²) in [5.74, 6) is -5.35. The number of hydroxylamine groups is 3. The molecule has 1 fully saturated rings. The first-order valence-electron chi connectivity index (χ1n) is 10.8. The summed E-state index contributed by atoms with van der Waals surface area (Å²) in [5, 5.41) is 33.8. The number of hydrogen-bond donors (Lipinski definition) is 2. The van der Waals surface area contributed by atoms with Gasteiger partial charge in [-0.2, -0.15) is 0 Å². The molecule has 0 amide bonds. The fourth-order valence-corrected chi connectivity index (χ4v) is 3.15. The van der Waals surface area contributed by atoms with Crippen LogP contribution in [0.25, 0.3) is 0 Å². The van der Waals surface area contributed by atoms with Crippen LogP contribution in [0, 0.1) is 11.1 Å². The smallest absolute Gasteiger partial charge is 0.341 e. The van der Waals surface area contributed by atoms with E-state index in [0.717, 1.165) is 14.0 Å². The second kappa shape index (κ2) is 6.49. The van der Waals surface area contributed by atoms with Crippen LogP contribution >= 0.6 is 0 Å². The van der Waals surface area contributed by atoms with Crippen molar-refractivity contribution in [1.82, 2.24) is 0 Å². The van der Waals surface area contributed by atoms with Gasteiger partial charge in [0.05, 0.1) is 19.2 Å². The molecule has 1 unspecified atom stereocenters. The van der Waals surface area contributed by atoms with E-state index in [1.54, 1.807) is 0 Å². The zero-order valence-electron chi connectivity index (χ0n) is 20.1. The van der Waals surface area contributed by atoms with Crippen LogP contribution in [0.5, 0.6) is 0 Å². The first-order valence-corrected chi connectivity index (χ1v) is 7.34. The number of fused-ring (bicyclic) bond motifs is 1. The molecule has 0 bridgehead atoms. The third-order valence-corrected chi connectivity index (χ3v) is 4.72. The molecule has 0 spiro atoms. The summed E-state index contributed by atoms with van der Waals surface area (Å²) in [6.07, 6.45) is -0.926. The van der Waals surface area contributed by atoms with E-state index >= 15 is 0 Å². The lowest BCUT2D eigenvalue weighted by atomic mass is 9.85. The van der Waals surface area contributed by atoms with Gasteiger partial charge in [0.15, 0.2) is 5.60 Å². The molecular weight excluding hydrogens is 302 g/mol. The summed E-state index contributed by atoms with van der Waals surface area (Å²) in [4.78, 5) is 12.9. The van der Waals surface area contributed by atoms with E-state index in [1.165, 1.54) is 6.08 Å². The Hall–Kier alpha value is -0.990. The first-order chi connectivity index (χ1) is 13.5. The highest BCUT2D eigenvalue weighted by molar-refractivity contribution is 5.80. The average Bonchev–Trinajstić information content (AvgIpc) is 3.11. The lowest BCUT2D eigenvalue weighted by Crippen LogP contribution is -2.54. The highest BCUT2D eigenvalue weighted by Gasteiger charge is 2.49. The van der Waals surface area contributed by atoms with Crippen molar-refractivity contribution in [3.05, 3.63) is 16.9 Å². The van der Waals surface area contributed by atoms with Crippen LogP contribution in [0.4, 0.5) is 0 Å². The second-order valence-corrected chi connectivity index (χ2v) is 6.03. The molecule has 0 aromatic rings. The van der Waals surface area contributed by atoms with E-state index in [1.807, 2.05) is 0 Å². The minimum absolute atomic E-state index is 0.0558. The van der Waals surface area contributed by atoms with Gasteiger partial charge in [0, 0.05) is 28.7 Å². The van der Waals surface area contributed by atoms with E-state index in [0.29, 0.717) is 0 Å². The standard InChI is InChI=1S/C16H27NO6/c1-10(2)16(20,11(3)22-4)15(19)23-9-12-5-7-17(21)8-6-13(18)14(12)17/h5,10-11,13-14,18,20H,6-9H2,1-4H3/t11-,13+,14-,16+,17?/m1/s1/i1D3,2D3,10D. The average molecular weight is 336 g/mol. The van der Waals surface area contributed by atoms with Gasteiger partial charge < -0.3 is 29.5 Å². The quantitative estimate of drug-likeness (QED) is 0.314. The Balaban J connectivity index is 2.37. The van der Waals surface area contributed by atoms with Gasteiger partial charge in [0.1, 0.15) is 18.8 Å². The van der Waals surface area contributed by atoms with Crippen molar-refractivity contribution in [1.29, 1.82) is 0 Å². The Morgan fingerprint density at radius 1 is 1.70 bits per heavy atom. The van der Waals surface area contributed by atoms with E-state index in [4.69, 9.17) is 19.1 Å². The molecule has 132 valence electrons. The zero-order chi connectivity index (χ0) is 23.3. The van der Waals surface area contributed by atoms with Crippen LogP contribution in [0.3, 0.4) is 0 Å². The number of esters is 1. The Bertz CT molecular complexity index is 697. The fraction of sp³-hybridized carbons (Fsp3) is 0.812. The number of ether oxygens (including phenoxy) is 2. The molecule has 7 nitrogen and oxygen atoms in total. The molecule has 1 saturated heterocycles. The Morgan fingerprint density at radius 2 is 2.39 bits per heavy atom. The number of carbonyl (C=O) groups excluding carboxylic acids is 1. The van der Waals surface area contributed by atoms with Gasteiger partial charge in [0.2, 0.25) is 0 Å². The predicted molar refractivity (Wildman–Crippen MR) is 83.1 cm³/mol. The van der Waals surface area contributed by atoms with Gasteiger partial charge in [-0.25, -0.2) is 4.79 Å². The van der Waals surface area contributed by atoms with Crippen LogP contribution in [0.15, 0.2) is 11.6 Å². The maximum atomic E-state index is 12.9. The molecule has 0 aromatic heterocycles. The molecule has 7 heteroatoms. The monoisotopic (exact) mass is 336 g/mol. The summed E-state index contributed by atoms with van der Waals surface area (Å²) < 4.78 is 62.9. The molecule has 2 rings (SSSR count). The molecule has 2 N–H and O–H groups in total. The lowest BCUT2D eigenvalue weighted by Gasteiger charge is -2.40. The number of aliphatic hydroxyl groups excluding tert-OH is 1. The number of quaternary nitrogens is 1. The molecule has 5 atom stereocenters. The van der Waals surface area contributed by atoms with E-state index in [2.05, 4.69) is 0 Å². The summed E-state index contributed by atoms with van der Waals surface area (Å²) in [6.45, 7) is -6.52. The van der Waals surface area contributed by atoms with Crippen molar-refractivity contribution in [2.45, 2.75) is 50.9 Å². The number of rotatable bonds is 6. The third-order valence-electron chi connectivity index (χ3n) is 4.72. The largest absolute Gasteiger partial charge is 0.632 e. The van der Waals surface area contributed by atoms with E-state index < -0.39 is 60.7 Å². The van der Waals surface area contributed by atoms with Gasteiger partial charge in [-0.05, 0) is 18.9 Å². The summed E-state index contributed by atoms with van der Waals surface area (Å²) in [5.41, 5.74) is -3.11. The minimum Gasteiger partial charge on any atom is -0.632 e. The normalized spacial score (nSPS) is 40.0. The SMILES string of the molecule is [2H]C([2H])([2H])C([2H])(C([2H])([2H])[2H])[C@@](O)(C(=O)OCC1=CC[N+]2([O-])CC[C@H](O)[C@@H]12)[C@@H](C)OC. The maximum Gasteiger partial charge on any atom is 0.341 e. The van der Waals surface area contributed by atoms with Crippen LogP contribution in [0.2, 0.25) is 0 Å². The number of hydrogen-bond acceptors (Lipinski definition) is 6. The molecular formula is C16H27NO6. The maximum absolute atomic E-state index is 12.9. The van der Waals surface area contributed by atoms with Crippen molar-refractivity contribution in [2.75, 3.05) is 26.8 Å². The lowest BCUT2D eigenvalue weighted by molar-refractivity contribution is -0.877. The van der Waals surface area contributed by atoms with Gasteiger partial charge in [-0.15, -0.1) is 0 Å². The molecule has 0 radical (unpaired) electrons. The molecule has 2 aliphatic rings. The van der Waals surface area contributed by atoms with Gasteiger partial charge >= 0.3 is 5.97 Å². The molecule has 2 aliphatic heterocycles. The van der Waals surface area contributed by atoms with Gasteiger partial charge in [0.25, 0.3) is 0 Å². The van der Waals surface area contributed by atoms with Crippen LogP contribution in [-0.4, -0.2) is 71.5 Å². The summed E-state index contributed by atoms with van der Waals surface area (Å²) in [7, 11) is 1.01. The Kier molecular flexibility index (Phi) is 3.04. The van der Waals surface area contributed by atoms with Crippen LogP contribution in [0.1, 0.15) is 36.6 Å². The van der Waals surface area contributed by atoms with Gasteiger partial charge in [-0.3, -0.25) is 0 Å². The predicted octanol–water partition coefficient (Wildman–Crippen LogP) is 0.339. The first kappa shape index (κ1) is 10.8. The van der Waals surface area contributed by atoms with Crippen molar-refractivity contribution in [3.8, 4) is 0 Å². The molecule has 0 saturated carbocycles. The molecule has 23 heavy (non-hydrogen) atoms. The molecule has 0 aromatic carbocycles. The van der Waals surface area contributed by atoms with Crippen molar-refractivity contribution < 1.29 is 38.7 Å². The third kappa shape index (κ3) is 3.04. The molecule has 2 heterocycles. The number of methoxy groups -OCH3 is 1. The number of aliphatic hydroxyl groups is 2. The summed E-state index contributed by atoms with van der Waals surface area (Å²) in [6, 6.07) is -0.864. The van der Waals surface area contributed by atoms with Crippen LogP contribution < -0.4 is 0 Å². The number of carbonyl (C=O) groups is 1. The Morgan fingerprint density at radius 3 is 3.00 bits per heavy atom. The van der Waals surface area contributed by atoms with E-state index in [-0.39, 0.29) is 25.1 Å². The van der Waals surface area contributed by atoms with Crippen molar-refractivity contribution in [2.24, 2.45) is 5.89 Å². The van der Waals surface area contributed by atoms with Gasteiger partial charge in [-0.1, -0.05) is 13.7 Å². The highest BCUT2D eigenvalue weighted by atomic mass is 16.6. The van der Waals surface area contributed by atoms with Crippen molar-refractivity contribution in [3.63, 3.8) is 0 Å². The summed E-state index contributed by atoms with van der Waals surface area (Å²) >= 11 is 0. The second-order valence-electron chi connectivity index (χ2n) is 6.03. The Labute approximate surface area is 146 Å². The zero-order valence-corrected chi connectivity index (χ0v) is 13.1.